The fourth-order valence-corrected chi connectivity index (χ4v) is 1.05. The van der Waals surface area contributed by atoms with E-state index in [1.165, 1.54) is 0 Å². The molecule has 0 radical (unpaired) electrons. The number of hydrogen-bond acceptors (Lipinski definition) is 2. The molecular weight excluding hydrogens is 158 g/mol. The molecule has 0 aromatic carbocycles. The van der Waals surface area contributed by atoms with Crippen LogP contribution in [0.25, 0.3) is 0 Å². The van der Waals surface area contributed by atoms with Gasteiger partial charge in [0.1, 0.15) is 0 Å². The molecule has 0 spiro atoms. The predicted octanol–water partition coefficient (Wildman–Crippen LogP) is 0.999. The molecule has 0 aliphatic rings. The summed E-state index contributed by atoms with van der Waals surface area (Å²) in [6, 6.07) is 0. The fraction of sp³-hybridized carbons (Fsp3) is 1.00. The van der Waals surface area contributed by atoms with E-state index in [1.807, 2.05) is 6.92 Å². The number of hydrogen-bond donors (Lipinski definition) is 1. The van der Waals surface area contributed by atoms with Crippen molar-refractivity contribution in [2.75, 3.05) is 19.3 Å². The minimum Gasteiger partial charge on any atom is -0.315 e. The summed E-state index contributed by atoms with van der Waals surface area (Å²) in [5.74, 6) is 0.674. The molecule has 2 atom stereocenters. The van der Waals surface area contributed by atoms with Crippen LogP contribution in [0.1, 0.15) is 20.8 Å². The Morgan fingerprint density at radius 1 is 1.27 bits per heavy atom. The summed E-state index contributed by atoms with van der Waals surface area (Å²) >= 11 is 0. The Morgan fingerprint density at radius 3 is 2.18 bits per heavy atom. The van der Waals surface area contributed by atoms with Crippen LogP contribution < -0.4 is 5.32 Å². The average Bonchev–Trinajstić information content (AvgIpc) is 1.86. The van der Waals surface area contributed by atoms with E-state index >= 15 is 0 Å². The first-order valence-corrected chi connectivity index (χ1v) is 5.69. The monoisotopic (exact) mass is 177 g/mol. The molecule has 2 unspecified atom stereocenters. The van der Waals surface area contributed by atoms with E-state index in [0.29, 0.717) is 5.92 Å². The first-order valence-electron chi connectivity index (χ1n) is 4.07. The van der Waals surface area contributed by atoms with Crippen LogP contribution in [0.2, 0.25) is 0 Å². The largest absolute Gasteiger partial charge is 0.315 e. The van der Waals surface area contributed by atoms with Gasteiger partial charge in [-0.15, -0.1) is 0 Å². The molecule has 0 aromatic rings. The topological polar surface area (TPSA) is 29.1 Å². The van der Waals surface area contributed by atoms with Crippen molar-refractivity contribution in [2.24, 2.45) is 5.92 Å². The predicted molar refractivity (Wildman–Crippen MR) is 51.2 cm³/mol. The molecule has 3 heteroatoms. The van der Waals surface area contributed by atoms with E-state index in [2.05, 4.69) is 19.2 Å². The number of rotatable bonds is 5. The van der Waals surface area contributed by atoms with Crippen molar-refractivity contribution in [2.45, 2.75) is 26.0 Å². The second kappa shape index (κ2) is 5.72. The van der Waals surface area contributed by atoms with Crippen LogP contribution in [-0.4, -0.2) is 28.8 Å². The molecule has 0 fully saturated rings. The van der Waals surface area contributed by atoms with Crippen LogP contribution in [0.15, 0.2) is 0 Å². The van der Waals surface area contributed by atoms with Gasteiger partial charge in [-0.2, -0.15) is 0 Å². The minimum absolute atomic E-state index is 0.272. The third kappa shape index (κ3) is 6.51. The first-order chi connectivity index (χ1) is 5.04. The average molecular weight is 177 g/mol. The van der Waals surface area contributed by atoms with E-state index in [9.17, 15) is 4.21 Å². The Hall–Kier alpha value is 0.110. The van der Waals surface area contributed by atoms with Gasteiger partial charge < -0.3 is 5.32 Å². The van der Waals surface area contributed by atoms with Crippen LogP contribution in [0.3, 0.4) is 0 Å². The van der Waals surface area contributed by atoms with Crippen molar-refractivity contribution in [3.63, 3.8) is 0 Å². The highest BCUT2D eigenvalue weighted by Crippen LogP contribution is 1.91. The molecule has 11 heavy (non-hydrogen) atoms. The standard InChI is InChI=1S/C8H19NOS/c1-7(2)5-9-6-8(3)11(4)10/h7-9H,5-6H2,1-4H3. The van der Waals surface area contributed by atoms with Gasteiger partial charge >= 0.3 is 0 Å². The zero-order valence-electron chi connectivity index (χ0n) is 7.89. The van der Waals surface area contributed by atoms with Gasteiger partial charge in [0.25, 0.3) is 0 Å². The lowest BCUT2D eigenvalue weighted by Crippen LogP contribution is -2.30. The van der Waals surface area contributed by atoms with Crippen LogP contribution in [-0.2, 0) is 10.8 Å². The summed E-state index contributed by atoms with van der Waals surface area (Å²) in [6.07, 6.45) is 1.75. The van der Waals surface area contributed by atoms with Gasteiger partial charge in [0.2, 0.25) is 0 Å². The number of nitrogens with one attached hydrogen (secondary N) is 1. The van der Waals surface area contributed by atoms with Crippen molar-refractivity contribution >= 4 is 10.8 Å². The van der Waals surface area contributed by atoms with Gasteiger partial charge in [0.05, 0.1) is 0 Å². The summed E-state index contributed by atoms with van der Waals surface area (Å²) in [4.78, 5) is 0. The Labute approximate surface area is 72.2 Å². The summed E-state index contributed by atoms with van der Waals surface area (Å²) in [6.45, 7) is 8.22. The third-order valence-electron chi connectivity index (χ3n) is 1.55. The maximum atomic E-state index is 10.9. The minimum atomic E-state index is -0.688. The summed E-state index contributed by atoms with van der Waals surface area (Å²) < 4.78 is 10.9. The van der Waals surface area contributed by atoms with E-state index in [4.69, 9.17) is 0 Å². The second-order valence-corrected chi connectivity index (χ2v) is 5.16. The van der Waals surface area contributed by atoms with Gasteiger partial charge in [-0.3, -0.25) is 4.21 Å². The lowest BCUT2D eigenvalue weighted by atomic mass is 10.2. The summed E-state index contributed by atoms with van der Waals surface area (Å²) in [7, 11) is -0.688. The first kappa shape index (κ1) is 11.1. The molecular formula is C8H19NOS. The fourth-order valence-electron chi connectivity index (χ4n) is 0.693. The lowest BCUT2D eigenvalue weighted by molar-refractivity contribution is 0.550. The van der Waals surface area contributed by atoms with Gasteiger partial charge in [-0.1, -0.05) is 13.8 Å². The molecule has 0 saturated heterocycles. The van der Waals surface area contributed by atoms with Gasteiger partial charge in [-0.05, 0) is 19.4 Å². The van der Waals surface area contributed by atoms with E-state index in [0.717, 1.165) is 13.1 Å². The van der Waals surface area contributed by atoms with Crippen molar-refractivity contribution in [1.82, 2.24) is 5.32 Å². The molecule has 0 aliphatic carbocycles. The van der Waals surface area contributed by atoms with E-state index in [1.54, 1.807) is 6.26 Å². The molecule has 2 nitrogen and oxygen atoms in total. The molecule has 0 aliphatic heterocycles. The van der Waals surface area contributed by atoms with Gasteiger partial charge in [0, 0.05) is 28.9 Å². The highest BCUT2D eigenvalue weighted by Gasteiger charge is 2.04. The third-order valence-corrected chi connectivity index (χ3v) is 2.85. The molecule has 1 N–H and O–H groups in total. The highest BCUT2D eigenvalue weighted by molar-refractivity contribution is 7.84. The molecule has 0 heterocycles. The Morgan fingerprint density at radius 2 is 1.82 bits per heavy atom. The lowest BCUT2D eigenvalue weighted by Gasteiger charge is -2.10. The molecule has 0 saturated carbocycles. The Balaban J connectivity index is 3.31. The quantitative estimate of drug-likeness (QED) is 0.679. The smallest absolute Gasteiger partial charge is 0.0441 e. The van der Waals surface area contributed by atoms with E-state index < -0.39 is 10.8 Å². The van der Waals surface area contributed by atoms with Crippen molar-refractivity contribution in [1.29, 1.82) is 0 Å². The van der Waals surface area contributed by atoms with E-state index in [-0.39, 0.29) is 5.25 Å². The SMILES string of the molecule is CC(C)CNCC(C)S(C)=O. The van der Waals surface area contributed by atoms with Crippen molar-refractivity contribution in [3.05, 3.63) is 0 Å². The highest BCUT2D eigenvalue weighted by atomic mass is 32.2. The molecule has 0 bridgehead atoms. The maximum Gasteiger partial charge on any atom is 0.0441 e. The molecule has 0 amide bonds. The van der Waals surface area contributed by atoms with Gasteiger partial charge in [-0.25, -0.2) is 0 Å². The summed E-state index contributed by atoms with van der Waals surface area (Å²) in [5.41, 5.74) is 0. The van der Waals surface area contributed by atoms with Crippen LogP contribution in [0, 0.1) is 5.92 Å². The van der Waals surface area contributed by atoms with Crippen LogP contribution in [0.4, 0.5) is 0 Å². The normalized spacial score (nSPS) is 16.8. The second-order valence-electron chi connectivity index (χ2n) is 3.36. The zero-order valence-corrected chi connectivity index (χ0v) is 8.70. The summed E-state index contributed by atoms with van der Waals surface area (Å²) in [5, 5.41) is 3.54. The molecule has 0 aromatic heterocycles. The van der Waals surface area contributed by atoms with Crippen molar-refractivity contribution in [3.8, 4) is 0 Å². The van der Waals surface area contributed by atoms with Gasteiger partial charge in [0.15, 0.2) is 0 Å². The van der Waals surface area contributed by atoms with Crippen LogP contribution >= 0.6 is 0 Å². The van der Waals surface area contributed by atoms with Crippen LogP contribution in [0.5, 0.6) is 0 Å². The zero-order chi connectivity index (χ0) is 8.85. The molecule has 68 valence electrons. The maximum absolute atomic E-state index is 10.9. The Bertz CT molecular complexity index is 125. The Kier molecular flexibility index (Phi) is 5.78. The molecule has 0 rings (SSSR count). The van der Waals surface area contributed by atoms with Crippen molar-refractivity contribution < 1.29 is 4.21 Å².